The Labute approximate surface area is 108 Å². The average molecular weight is 255 g/mol. The molecule has 0 radical (unpaired) electrons. The van der Waals surface area contributed by atoms with Crippen molar-refractivity contribution in [2.75, 3.05) is 20.3 Å². The van der Waals surface area contributed by atoms with Gasteiger partial charge in [-0.25, -0.2) is 4.39 Å². The first-order valence-corrected chi connectivity index (χ1v) is 6.32. The fourth-order valence-electron chi connectivity index (χ4n) is 1.46. The first-order valence-electron chi connectivity index (χ1n) is 6.32. The second-order valence-electron chi connectivity index (χ2n) is 4.30. The van der Waals surface area contributed by atoms with Crippen molar-refractivity contribution in [3.8, 4) is 5.75 Å². The summed E-state index contributed by atoms with van der Waals surface area (Å²) >= 11 is 0. The van der Waals surface area contributed by atoms with Gasteiger partial charge in [0.1, 0.15) is 6.61 Å². The van der Waals surface area contributed by atoms with Crippen LogP contribution in [0.15, 0.2) is 18.2 Å². The maximum atomic E-state index is 13.7. The highest BCUT2D eigenvalue weighted by molar-refractivity contribution is 5.29. The number of benzene rings is 1. The summed E-state index contributed by atoms with van der Waals surface area (Å²) in [6.45, 7) is 5.94. The molecule has 0 heterocycles. The van der Waals surface area contributed by atoms with Crippen molar-refractivity contribution in [3.63, 3.8) is 0 Å². The molecule has 0 aliphatic rings. The minimum Gasteiger partial charge on any atom is -0.488 e. The Balaban J connectivity index is 2.51. The third-order valence-electron chi connectivity index (χ3n) is 2.63. The molecule has 0 saturated carbocycles. The predicted molar refractivity (Wildman–Crippen MR) is 70.4 cm³/mol. The highest BCUT2D eigenvalue weighted by Crippen LogP contribution is 2.18. The molecule has 0 bridgehead atoms. The van der Waals surface area contributed by atoms with E-state index in [1.807, 2.05) is 13.0 Å². The second-order valence-corrected chi connectivity index (χ2v) is 4.30. The van der Waals surface area contributed by atoms with E-state index in [9.17, 15) is 4.39 Å². The summed E-state index contributed by atoms with van der Waals surface area (Å²) in [6, 6.07) is 5.05. The molecule has 18 heavy (non-hydrogen) atoms. The second kappa shape index (κ2) is 8.06. The summed E-state index contributed by atoms with van der Waals surface area (Å²) in [4.78, 5) is 0. The number of hydrogen-bond acceptors (Lipinski definition) is 3. The van der Waals surface area contributed by atoms with Gasteiger partial charge in [-0.05, 0) is 37.6 Å². The van der Waals surface area contributed by atoms with Crippen LogP contribution in [0, 0.1) is 5.82 Å². The molecule has 0 aromatic heterocycles. The van der Waals surface area contributed by atoms with Gasteiger partial charge in [-0.1, -0.05) is 13.0 Å². The lowest BCUT2D eigenvalue weighted by atomic mass is 10.2. The molecule has 1 rings (SSSR count). The quantitative estimate of drug-likeness (QED) is 0.725. The lowest BCUT2D eigenvalue weighted by molar-refractivity contribution is 0.0702. The number of rotatable bonds is 8. The molecule has 1 aromatic rings. The van der Waals surface area contributed by atoms with Gasteiger partial charge < -0.3 is 14.8 Å². The normalized spacial score (nSPS) is 12.4. The van der Waals surface area contributed by atoms with Crippen LogP contribution in [0.3, 0.4) is 0 Å². The van der Waals surface area contributed by atoms with Crippen LogP contribution >= 0.6 is 0 Å². The molecule has 3 nitrogen and oxygen atoms in total. The van der Waals surface area contributed by atoms with Crippen molar-refractivity contribution >= 4 is 0 Å². The number of halogens is 1. The summed E-state index contributed by atoms with van der Waals surface area (Å²) in [6.07, 6.45) is 1.02. The SMILES string of the molecule is CCCNCc1ccc(OCC(C)OC)c(F)c1. The van der Waals surface area contributed by atoms with Gasteiger partial charge >= 0.3 is 0 Å². The summed E-state index contributed by atoms with van der Waals surface area (Å²) in [5, 5.41) is 3.23. The van der Waals surface area contributed by atoms with Gasteiger partial charge in [-0.3, -0.25) is 0 Å². The molecule has 0 saturated heterocycles. The van der Waals surface area contributed by atoms with Crippen LogP contribution in [0.4, 0.5) is 4.39 Å². The van der Waals surface area contributed by atoms with Crippen LogP contribution in [0.25, 0.3) is 0 Å². The molecule has 1 atom stereocenters. The van der Waals surface area contributed by atoms with E-state index in [0.717, 1.165) is 18.5 Å². The summed E-state index contributed by atoms with van der Waals surface area (Å²) in [5.74, 6) is -0.0488. The number of ether oxygens (including phenoxy) is 2. The van der Waals surface area contributed by atoms with Gasteiger partial charge in [0.25, 0.3) is 0 Å². The van der Waals surface area contributed by atoms with E-state index in [1.54, 1.807) is 13.2 Å². The summed E-state index contributed by atoms with van der Waals surface area (Å²) in [7, 11) is 1.60. The van der Waals surface area contributed by atoms with Gasteiger partial charge in [0.15, 0.2) is 11.6 Å². The molecule has 0 fully saturated rings. The third-order valence-corrected chi connectivity index (χ3v) is 2.63. The van der Waals surface area contributed by atoms with E-state index in [4.69, 9.17) is 9.47 Å². The van der Waals surface area contributed by atoms with E-state index < -0.39 is 0 Å². The number of methoxy groups -OCH3 is 1. The minimum absolute atomic E-state index is 0.0460. The highest BCUT2D eigenvalue weighted by Gasteiger charge is 2.07. The highest BCUT2D eigenvalue weighted by atomic mass is 19.1. The summed E-state index contributed by atoms with van der Waals surface area (Å²) < 4.78 is 24.1. The van der Waals surface area contributed by atoms with Crippen molar-refractivity contribution in [2.45, 2.75) is 32.9 Å². The maximum Gasteiger partial charge on any atom is 0.165 e. The van der Waals surface area contributed by atoms with Crippen LogP contribution in [0.2, 0.25) is 0 Å². The van der Waals surface area contributed by atoms with E-state index in [0.29, 0.717) is 13.2 Å². The minimum atomic E-state index is -0.325. The fourth-order valence-corrected chi connectivity index (χ4v) is 1.46. The zero-order valence-corrected chi connectivity index (χ0v) is 11.3. The number of hydrogen-bond donors (Lipinski definition) is 1. The molecule has 4 heteroatoms. The smallest absolute Gasteiger partial charge is 0.165 e. The van der Waals surface area contributed by atoms with Crippen molar-refractivity contribution in [2.24, 2.45) is 0 Å². The van der Waals surface area contributed by atoms with Crippen LogP contribution < -0.4 is 10.1 Å². The zero-order chi connectivity index (χ0) is 13.4. The molecule has 1 N–H and O–H groups in total. The van der Waals surface area contributed by atoms with E-state index >= 15 is 0 Å². The molecule has 0 spiro atoms. The van der Waals surface area contributed by atoms with E-state index in [2.05, 4.69) is 12.2 Å². The molecule has 1 aromatic carbocycles. The van der Waals surface area contributed by atoms with Crippen LogP contribution in [0.1, 0.15) is 25.8 Å². The maximum absolute atomic E-state index is 13.7. The lowest BCUT2D eigenvalue weighted by Crippen LogP contribution is -2.17. The largest absolute Gasteiger partial charge is 0.488 e. The molecule has 0 aliphatic carbocycles. The first-order chi connectivity index (χ1) is 8.67. The Morgan fingerprint density at radius 3 is 2.78 bits per heavy atom. The fraction of sp³-hybridized carbons (Fsp3) is 0.571. The van der Waals surface area contributed by atoms with Crippen LogP contribution in [-0.4, -0.2) is 26.4 Å². The molecule has 0 aliphatic heterocycles. The number of nitrogens with one attached hydrogen (secondary N) is 1. The van der Waals surface area contributed by atoms with Gasteiger partial charge in [-0.15, -0.1) is 0 Å². The van der Waals surface area contributed by atoms with E-state index in [-0.39, 0.29) is 17.7 Å². The Kier molecular flexibility index (Phi) is 6.68. The van der Waals surface area contributed by atoms with Crippen LogP contribution in [-0.2, 0) is 11.3 Å². The summed E-state index contributed by atoms with van der Waals surface area (Å²) in [5.41, 5.74) is 0.924. The Morgan fingerprint density at radius 1 is 1.39 bits per heavy atom. The molecular weight excluding hydrogens is 233 g/mol. The predicted octanol–water partition coefficient (Wildman–Crippen LogP) is 2.74. The van der Waals surface area contributed by atoms with Crippen molar-refractivity contribution in [1.82, 2.24) is 5.32 Å². The lowest BCUT2D eigenvalue weighted by Gasteiger charge is -2.12. The Hall–Kier alpha value is -1.13. The van der Waals surface area contributed by atoms with Crippen molar-refractivity contribution in [1.29, 1.82) is 0 Å². The van der Waals surface area contributed by atoms with Gasteiger partial charge in [0.2, 0.25) is 0 Å². The van der Waals surface area contributed by atoms with Gasteiger partial charge in [0, 0.05) is 13.7 Å². The first kappa shape index (κ1) is 14.9. The third kappa shape index (κ3) is 5.02. The standard InChI is InChI=1S/C14H22FNO2/c1-4-7-16-9-12-5-6-14(13(15)8-12)18-10-11(2)17-3/h5-6,8,11,16H,4,7,9-10H2,1-3H3. The van der Waals surface area contributed by atoms with Crippen molar-refractivity contribution in [3.05, 3.63) is 29.6 Å². The van der Waals surface area contributed by atoms with Gasteiger partial charge in [0.05, 0.1) is 6.10 Å². The van der Waals surface area contributed by atoms with E-state index in [1.165, 1.54) is 6.07 Å². The molecular formula is C14H22FNO2. The average Bonchev–Trinajstić information content (AvgIpc) is 2.37. The molecule has 102 valence electrons. The van der Waals surface area contributed by atoms with Gasteiger partial charge in [-0.2, -0.15) is 0 Å². The zero-order valence-electron chi connectivity index (χ0n) is 11.3. The molecule has 1 unspecified atom stereocenters. The topological polar surface area (TPSA) is 30.5 Å². The van der Waals surface area contributed by atoms with Crippen molar-refractivity contribution < 1.29 is 13.9 Å². The van der Waals surface area contributed by atoms with Crippen LogP contribution in [0.5, 0.6) is 5.75 Å². The molecule has 0 amide bonds. The Bertz CT molecular complexity index is 358. The monoisotopic (exact) mass is 255 g/mol. The Morgan fingerprint density at radius 2 is 2.17 bits per heavy atom.